The molecule has 0 aliphatic carbocycles. The lowest BCUT2D eigenvalue weighted by molar-refractivity contribution is 0.0720. The molecule has 164 valence electrons. The SMILES string of the molecule is COCCN(C)S(=O)(=O)C1CCCN(C(=O)c2cnn3c2S(=O)(=O)N(C)CC3)C1. The van der Waals surface area contributed by atoms with Crippen molar-refractivity contribution >= 4 is 26.0 Å². The quantitative estimate of drug-likeness (QED) is 0.548. The first-order valence-electron chi connectivity index (χ1n) is 9.36. The minimum atomic E-state index is -3.81. The van der Waals surface area contributed by atoms with E-state index in [4.69, 9.17) is 4.74 Å². The molecule has 2 aliphatic rings. The van der Waals surface area contributed by atoms with E-state index in [1.807, 2.05) is 0 Å². The van der Waals surface area contributed by atoms with E-state index in [0.717, 1.165) is 0 Å². The first kappa shape index (κ1) is 22.2. The van der Waals surface area contributed by atoms with Crippen LogP contribution in [0.4, 0.5) is 0 Å². The lowest BCUT2D eigenvalue weighted by atomic mass is 10.1. The summed E-state index contributed by atoms with van der Waals surface area (Å²) in [5.41, 5.74) is -0.0117. The minimum Gasteiger partial charge on any atom is -0.383 e. The Bertz CT molecular complexity index is 974. The normalized spacial score (nSPS) is 22.6. The third-order valence-corrected chi connectivity index (χ3v) is 9.64. The molecule has 3 rings (SSSR count). The number of ether oxygens (including phenoxy) is 1. The maximum atomic E-state index is 13.1. The Kier molecular flexibility index (Phi) is 6.34. The number of nitrogens with zero attached hydrogens (tertiary/aromatic N) is 5. The predicted molar refractivity (Wildman–Crippen MR) is 104 cm³/mol. The monoisotopic (exact) mass is 449 g/mol. The third kappa shape index (κ3) is 4.06. The summed E-state index contributed by atoms with van der Waals surface area (Å²) < 4.78 is 59.7. The molecule has 0 radical (unpaired) electrons. The molecule has 3 heterocycles. The van der Waals surface area contributed by atoms with Crippen LogP contribution >= 0.6 is 0 Å². The Labute approximate surface area is 171 Å². The van der Waals surface area contributed by atoms with Gasteiger partial charge in [-0.3, -0.25) is 9.48 Å². The highest BCUT2D eigenvalue weighted by atomic mass is 32.2. The Balaban J connectivity index is 1.83. The molecule has 13 heteroatoms. The number of amides is 1. The molecule has 1 amide bonds. The zero-order valence-electron chi connectivity index (χ0n) is 16.8. The summed E-state index contributed by atoms with van der Waals surface area (Å²) in [5, 5.41) is 3.19. The van der Waals surface area contributed by atoms with Crippen LogP contribution in [0.15, 0.2) is 11.2 Å². The molecule has 0 bridgehead atoms. The average molecular weight is 450 g/mol. The standard InChI is InChI=1S/C16H27N5O6S2/c1-18-7-8-21-16(29(18,25)26)14(11-17-21)15(22)20-6-4-5-13(12-20)28(23,24)19(2)9-10-27-3/h11,13H,4-10,12H2,1-3H3. The molecule has 1 aromatic heterocycles. The average Bonchev–Trinajstić information content (AvgIpc) is 3.14. The minimum absolute atomic E-state index is 0.0117. The number of carbonyl (C=O) groups excluding carboxylic acids is 1. The van der Waals surface area contributed by atoms with Crippen molar-refractivity contribution < 1.29 is 26.4 Å². The molecule has 11 nitrogen and oxygen atoms in total. The van der Waals surface area contributed by atoms with E-state index < -0.39 is 31.2 Å². The van der Waals surface area contributed by atoms with Crippen LogP contribution in [-0.2, 0) is 31.3 Å². The molecule has 29 heavy (non-hydrogen) atoms. The Morgan fingerprint density at radius 2 is 2.07 bits per heavy atom. The number of fused-ring (bicyclic) bond motifs is 1. The van der Waals surface area contributed by atoms with Crippen molar-refractivity contribution in [3.05, 3.63) is 11.8 Å². The molecular weight excluding hydrogens is 422 g/mol. The van der Waals surface area contributed by atoms with Gasteiger partial charge in [-0.15, -0.1) is 0 Å². The number of methoxy groups -OCH3 is 1. The molecule has 1 aromatic rings. The molecule has 0 N–H and O–H groups in total. The van der Waals surface area contributed by atoms with Crippen LogP contribution in [0.1, 0.15) is 23.2 Å². The van der Waals surface area contributed by atoms with Crippen LogP contribution < -0.4 is 0 Å². The van der Waals surface area contributed by atoms with Crippen molar-refractivity contribution in [1.29, 1.82) is 0 Å². The van der Waals surface area contributed by atoms with Gasteiger partial charge >= 0.3 is 0 Å². The largest absolute Gasteiger partial charge is 0.383 e. The molecule has 2 aliphatic heterocycles. The zero-order chi connectivity index (χ0) is 21.4. The van der Waals surface area contributed by atoms with Gasteiger partial charge in [-0.25, -0.2) is 21.1 Å². The number of hydrogen-bond acceptors (Lipinski definition) is 7. The summed E-state index contributed by atoms with van der Waals surface area (Å²) in [6, 6.07) is 0. The van der Waals surface area contributed by atoms with Crippen molar-refractivity contribution in [2.24, 2.45) is 0 Å². The number of carbonyl (C=O) groups is 1. The van der Waals surface area contributed by atoms with Crippen molar-refractivity contribution in [1.82, 2.24) is 23.3 Å². The van der Waals surface area contributed by atoms with Gasteiger partial charge in [0.25, 0.3) is 15.9 Å². The van der Waals surface area contributed by atoms with Crippen LogP contribution in [0.25, 0.3) is 0 Å². The van der Waals surface area contributed by atoms with Crippen molar-refractivity contribution in [3.63, 3.8) is 0 Å². The van der Waals surface area contributed by atoms with Gasteiger partial charge in [-0.1, -0.05) is 0 Å². The maximum absolute atomic E-state index is 13.1. The van der Waals surface area contributed by atoms with E-state index in [1.165, 1.54) is 45.6 Å². The van der Waals surface area contributed by atoms with E-state index in [1.54, 1.807) is 0 Å². The molecule has 0 aromatic carbocycles. The van der Waals surface area contributed by atoms with E-state index in [-0.39, 0.29) is 36.8 Å². The number of aromatic nitrogens is 2. The fourth-order valence-corrected chi connectivity index (χ4v) is 6.70. The molecule has 1 saturated heterocycles. The summed E-state index contributed by atoms with van der Waals surface area (Å²) in [4.78, 5) is 14.5. The Hall–Kier alpha value is -1.54. The highest BCUT2D eigenvalue weighted by Crippen LogP contribution is 2.27. The smallest absolute Gasteiger partial charge is 0.260 e. The lowest BCUT2D eigenvalue weighted by Gasteiger charge is -2.34. The van der Waals surface area contributed by atoms with Crippen LogP contribution in [0, 0.1) is 0 Å². The number of likely N-dealkylation sites (tertiary alicyclic amines) is 1. The van der Waals surface area contributed by atoms with Gasteiger partial charge < -0.3 is 9.64 Å². The summed E-state index contributed by atoms with van der Waals surface area (Å²) in [7, 11) is -2.97. The summed E-state index contributed by atoms with van der Waals surface area (Å²) >= 11 is 0. The first-order valence-corrected chi connectivity index (χ1v) is 12.3. The van der Waals surface area contributed by atoms with E-state index in [2.05, 4.69) is 5.10 Å². The van der Waals surface area contributed by atoms with Crippen LogP contribution in [-0.4, -0.2) is 105 Å². The van der Waals surface area contributed by atoms with Gasteiger partial charge in [0.1, 0.15) is 0 Å². The fourth-order valence-electron chi connectivity index (χ4n) is 3.59. The molecule has 0 spiro atoms. The Morgan fingerprint density at radius 3 is 2.76 bits per heavy atom. The van der Waals surface area contributed by atoms with Gasteiger partial charge in [0.05, 0.1) is 30.2 Å². The van der Waals surface area contributed by atoms with Gasteiger partial charge in [0, 0.05) is 47.4 Å². The topological polar surface area (TPSA) is 122 Å². The summed E-state index contributed by atoms with van der Waals surface area (Å²) in [6.45, 7) is 1.53. The number of rotatable bonds is 6. The number of piperidine rings is 1. The van der Waals surface area contributed by atoms with Crippen LogP contribution in [0.3, 0.4) is 0 Å². The third-order valence-electron chi connectivity index (χ3n) is 5.43. The number of hydrogen-bond donors (Lipinski definition) is 0. The van der Waals surface area contributed by atoms with Crippen LogP contribution in [0.2, 0.25) is 0 Å². The van der Waals surface area contributed by atoms with Gasteiger partial charge in [-0.2, -0.15) is 9.40 Å². The first-order chi connectivity index (χ1) is 13.6. The second-order valence-electron chi connectivity index (χ2n) is 7.29. The van der Waals surface area contributed by atoms with E-state index in [0.29, 0.717) is 25.9 Å². The van der Waals surface area contributed by atoms with Crippen LogP contribution in [0.5, 0.6) is 0 Å². The van der Waals surface area contributed by atoms with Crippen molar-refractivity contribution in [2.45, 2.75) is 29.7 Å². The zero-order valence-corrected chi connectivity index (χ0v) is 18.4. The second-order valence-corrected chi connectivity index (χ2v) is 11.6. The number of likely N-dealkylation sites (N-methyl/N-ethyl adjacent to an activating group) is 2. The number of sulfonamides is 2. The highest BCUT2D eigenvalue weighted by molar-refractivity contribution is 7.89. The van der Waals surface area contributed by atoms with Crippen molar-refractivity contribution in [2.75, 3.05) is 54.0 Å². The highest BCUT2D eigenvalue weighted by Gasteiger charge is 2.39. The van der Waals surface area contributed by atoms with Gasteiger partial charge in [0.15, 0.2) is 5.03 Å². The molecular formula is C16H27N5O6S2. The van der Waals surface area contributed by atoms with E-state index >= 15 is 0 Å². The van der Waals surface area contributed by atoms with Crippen molar-refractivity contribution in [3.8, 4) is 0 Å². The fraction of sp³-hybridized carbons (Fsp3) is 0.750. The summed E-state index contributed by atoms with van der Waals surface area (Å²) in [5.74, 6) is -0.510. The molecule has 0 saturated carbocycles. The lowest BCUT2D eigenvalue weighted by Crippen LogP contribution is -2.49. The Morgan fingerprint density at radius 1 is 1.34 bits per heavy atom. The second kappa shape index (κ2) is 8.30. The van der Waals surface area contributed by atoms with Gasteiger partial charge in [-0.05, 0) is 12.8 Å². The van der Waals surface area contributed by atoms with Gasteiger partial charge in [0.2, 0.25) is 10.0 Å². The molecule has 1 unspecified atom stereocenters. The summed E-state index contributed by atoms with van der Waals surface area (Å²) in [6.07, 6.45) is 2.22. The maximum Gasteiger partial charge on any atom is 0.260 e. The molecule has 1 fully saturated rings. The predicted octanol–water partition coefficient (Wildman–Crippen LogP) is -0.970. The molecule has 1 atom stereocenters. The van der Waals surface area contributed by atoms with E-state index in [9.17, 15) is 21.6 Å².